The van der Waals surface area contributed by atoms with Crippen molar-refractivity contribution in [3.63, 3.8) is 0 Å². The summed E-state index contributed by atoms with van der Waals surface area (Å²) in [5.74, 6) is -0.593. The Balaban J connectivity index is 1.26. The molecule has 1 aliphatic heterocycles. The Hall–Kier alpha value is -4.29. The minimum Gasteiger partial charge on any atom is -0.508 e. The van der Waals surface area contributed by atoms with Crippen molar-refractivity contribution >= 4 is 23.2 Å². The number of benzene rings is 2. The van der Waals surface area contributed by atoms with Gasteiger partial charge < -0.3 is 20.6 Å². The van der Waals surface area contributed by atoms with Gasteiger partial charge in [0.2, 0.25) is 0 Å². The number of carbonyl (C=O) groups is 2. The SMILES string of the molecule is Cc1csc([C@H]2CCCN2C(=O)c2cc(C(=O)N[C@@H](C)CC(NCc3cccc(C(F)(F)F)c3)c3cccc(O)c3)ccn2)n1. The molecule has 1 saturated heterocycles. The van der Waals surface area contributed by atoms with Gasteiger partial charge in [0.1, 0.15) is 16.5 Å². The van der Waals surface area contributed by atoms with E-state index in [2.05, 4.69) is 20.6 Å². The molecule has 1 unspecified atom stereocenters. The topological polar surface area (TPSA) is 107 Å². The number of nitrogens with one attached hydrogen (secondary N) is 2. The van der Waals surface area contributed by atoms with E-state index in [-0.39, 0.29) is 47.4 Å². The predicted molar refractivity (Wildman–Crippen MR) is 165 cm³/mol. The number of thiazole rings is 1. The normalized spacial score (nSPS) is 16.4. The molecule has 0 bridgehead atoms. The summed E-state index contributed by atoms with van der Waals surface area (Å²) in [6.07, 6.45) is -0.966. The lowest BCUT2D eigenvalue weighted by atomic mass is 9.98. The number of aromatic nitrogens is 2. The van der Waals surface area contributed by atoms with Gasteiger partial charge in [0.15, 0.2) is 0 Å². The number of amides is 2. The van der Waals surface area contributed by atoms with Gasteiger partial charge in [-0.15, -0.1) is 11.3 Å². The van der Waals surface area contributed by atoms with Crippen LogP contribution in [0.2, 0.25) is 0 Å². The van der Waals surface area contributed by atoms with Crippen molar-refractivity contribution in [1.29, 1.82) is 0 Å². The molecule has 45 heavy (non-hydrogen) atoms. The van der Waals surface area contributed by atoms with Gasteiger partial charge in [0, 0.05) is 48.0 Å². The molecule has 1 aliphatic rings. The van der Waals surface area contributed by atoms with Gasteiger partial charge in [0.05, 0.1) is 11.6 Å². The van der Waals surface area contributed by atoms with E-state index < -0.39 is 17.8 Å². The highest BCUT2D eigenvalue weighted by Gasteiger charge is 2.33. The lowest BCUT2D eigenvalue weighted by Crippen LogP contribution is -2.36. The van der Waals surface area contributed by atoms with Crippen LogP contribution in [0.15, 0.2) is 72.2 Å². The number of nitrogens with zero attached hydrogens (tertiary/aromatic N) is 3. The molecule has 2 amide bonds. The molecule has 236 valence electrons. The van der Waals surface area contributed by atoms with Crippen molar-refractivity contribution in [3.05, 3.63) is 111 Å². The van der Waals surface area contributed by atoms with E-state index in [1.165, 1.54) is 35.7 Å². The highest BCUT2D eigenvalue weighted by Crippen LogP contribution is 2.35. The van der Waals surface area contributed by atoms with Gasteiger partial charge in [-0.1, -0.05) is 30.3 Å². The Kier molecular flexibility index (Phi) is 9.83. The molecule has 8 nitrogen and oxygen atoms in total. The third-order valence-electron chi connectivity index (χ3n) is 7.72. The first-order chi connectivity index (χ1) is 21.5. The zero-order chi connectivity index (χ0) is 32.1. The average molecular weight is 638 g/mol. The molecule has 3 atom stereocenters. The maximum absolute atomic E-state index is 13.4. The lowest BCUT2D eigenvalue weighted by molar-refractivity contribution is -0.137. The summed E-state index contributed by atoms with van der Waals surface area (Å²) in [5.41, 5.74) is 1.81. The number of alkyl halides is 3. The van der Waals surface area contributed by atoms with E-state index in [0.29, 0.717) is 18.5 Å². The van der Waals surface area contributed by atoms with E-state index in [0.717, 1.165) is 41.2 Å². The molecule has 3 N–H and O–H groups in total. The van der Waals surface area contributed by atoms with E-state index in [4.69, 9.17) is 0 Å². The average Bonchev–Trinajstić information content (AvgIpc) is 3.68. The fourth-order valence-corrected chi connectivity index (χ4v) is 6.47. The molecule has 5 rings (SSSR count). The first kappa shape index (κ1) is 32.1. The summed E-state index contributed by atoms with van der Waals surface area (Å²) >= 11 is 1.53. The molecule has 0 aliphatic carbocycles. The van der Waals surface area contributed by atoms with Gasteiger partial charge in [-0.2, -0.15) is 13.2 Å². The van der Waals surface area contributed by atoms with Crippen LogP contribution in [0.25, 0.3) is 0 Å². The minimum absolute atomic E-state index is 0.0503. The summed E-state index contributed by atoms with van der Waals surface area (Å²) in [7, 11) is 0. The number of carbonyl (C=O) groups excluding carboxylic acids is 2. The number of hydrogen-bond donors (Lipinski definition) is 3. The molecule has 0 spiro atoms. The van der Waals surface area contributed by atoms with Crippen molar-refractivity contribution in [1.82, 2.24) is 25.5 Å². The number of aryl methyl sites for hydroxylation is 1. The van der Waals surface area contributed by atoms with Crippen LogP contribution >= 0.6 is 11.3 Å². The summed E-state index contributed by atoms with van der Waals surface area (Å²) < 4.78 is 39.7. The monoisotopic (exact) mass is 637 g/mol. The lowest BCUT2D eigenvalue weighted by Gasteiger charge is -2.24. The number of aromatic hydroxyl groups is 1. The molecular weight excluding hydrogens is 603 g/mol. The zero-order valence-electron chi connectivity index (χ0n) is 24.8. The summed E-state index contributed by atoms with van der Waals surface area (Å²) in [4.78, 5) is 37.3. The highest BCUT2D eigenvalue weighted by atomic mass is 32.1. The first-order valence-corrected chi connectivity index (χ1v) is 15.5. The Labute approximate surface area is 263 Å². The summed E-state index contributed by atoms with van der Waals surface area (Å²) in [6, 6.07) is 13.8. The van der Waals surface area contributed by atoms with Crippen LogP contribution in [0, 0.1) is 6.92 Å². The van der Waals surface area contributed by atoms with E-state index in [1.54, 1.807) is 35.2 Å². The molecule has 2 aromatic heterocycles. The van der Waals surface area contributed by atoms with Gasteiger partial charge >= 0.3 is 6.18 Å². The van der Waals surface area contributed by atoms with Gasteiger partial charge in [-0.05, 0) is 74.6 Å². The maximum atomic E-state index is 13.4. The largest absolute Gasteiger partial charge is 0.508 e. The maximum Gasteiger partial charge on any atom is 0.416 e. The van der Waals surface area contributed by atoms with Crippen molar-refractivity contribution in [3.8, 4) is 5.75 Å². The van der Waals surface area contributed by atoms with Crippen LogP contribution < -0.4 is 10.6 Å². The zero-order valence-corrected chi connectivity index (χ0v) is 25.7. The van der Waals surface area contributed by atoms with Crippen molar-refractivity contribution in [2.24, 2.45) is 0 Å². The van der Waals surface area contributed by atoms with Crippen LogP contribution in [0.3, 0.4) is 0 Å². The van der Waals surface area contributed by atoms with E-state index in [1.807, 2.05) is 19.2 Å². The van der Waals surface area contributed by atoms with Gasteiger partial charge in [0.25, 0.3) is 11.8 Å². The van der Waals surface area contributed by atoms with E-state index in [9.17, 15) is 27.9 Å². The molecule has 4 aromatic rings. The highest BCUT2D eigenvalue weighted by molar-refractivity contribution is 7.09. The Morgan fingerprint density at radius 3 is 2.67 bits per heavy atom. The standard InChI is InChI=1S/C33H34F3N5O3S/c1-20(14-27(23-7-4-9-26(42)16-23)38-18-22-6-3-8-25(15-22)33(34,35)36)39-30(43)24-11-12-37-28(17-24)32(44)41-13-5-10-29(41)31-40-21(2)19-45-31/h3-4,6-9,11-12,15-17,19-20,27,29,38,42H,5,10,13-14,18H2,1-2H3,(H,39,43)/t20-,27?,29+/m0/s1. The Morgan fingerprint density at radius 1 is 1.13 bits per heavy atom. The third-order valence-corrected chi connectivity index (χ3v) is 8.79. The molecular formula is C33H34F3N5O3S. The Morgan fingerprint density at radius 2 is 1.93 bits per heavy atom. The summed E-state index contributed by atoms with van der Waals surface area (Å²) in [6.45, 7) is 4.46. The van der Waals surface area contributed by atoms with Gasteiger partial charge in [-0.3, -0.25) is 14.6 Å². The van der Waals surface area contributed by atoms with Crippen LogP contribution in [0.1, 0.15) is 86.5 Å². The second-order valence-corrected chi connectivity index (χ2v) is 12.1. The Bertz CT molecular complexity index is 1660. The van der Waals surface area contributed by atoms with Crippen molar-refractivity contribution in [2.45, 2.75) is 64.0 Å². The first-order valence-electron chi connectivity index (χ1n) is 14.7. The van der Waals surface area contributed by atoms with Crippen LogP contribution in [0.4, 0.5) is 13.2 Å². The van der Waals surface area contributed by atoms with Crippen LogP contribution in [-0.4, -0.2) is 44.4 Å². The number of pyridine rings is 1. The van der Waals surface area contributed by atoms with Gasteiger partial charge in [-0.25, -0.2) is 4.98 Å². The molecule has 3 heterocycles. The molecule has 0 radical (unpaired) electrons. The third kappa shape index (κ3) is 8.06. The smallest absolute Gasteiger partial charge is 0.416 e. The van der Waals surface area contributed by atoms with E-state index >= 15 is 0 Å². The molecule has 2 aromatic carbocycles. The fraction of sp³-hybridized carbons (Fsp3) is 0.333. The number of likely N-dealkylation sites (tertiary alicyclic amines) is 1. The molecule has 1 fully saturated rings. The van der Waals surface area contributed by atoms with Crippen LogP contribution in [0.5, 0.6) is 5.75 Å². The summed E-state index contributed by atoms with van der Waals surface area (Å²) in [5, 5.41) is 19.2. The fourth-order valence-electron chi connectivity index (χ4n) is 5.52. The number of halogens is 3. The second kappa shape index (κ2) is 13.8. The number of phenolic OH excluding ortho intramolecular Hbond substituents is 1. The van der Waals surface area contributed by atoms with Crippen LogP contribution in [-0.2, 0) is 12.7 Å². The van der Waals surface area contributed by atoms with Crippen molar-refractivity contribution in [2.75, 3.05) is 6.54 Å². The molecule has 12 heteroatoms. The van der Waals surface area contributed by atoms with Crippen molar-refractivity contribution < 1.29 is 27.9 Å². The second-order valence-electron chi connectivity index (χ2n) is 11.3. The predicted octanol–water partition coefficient (Wildman–Crippen LogP) is 6.59. The quantitative estimate of drug-likeness (QED) is 0.181. The number of rotatable bonds is 10. The molecule has 0 saturated carbocycles. The minimum atomic E-state index is -4.45. The number of phenols is 1. The number of hydrogen-bond acceptors (Lipinski definition) is 7.